The number of anilines is 1. The van der Waals surface area contributed by atoms with Gasteiger partial charge in [0.25, 0.3) is 17.2 Å². The van der Waals surface area contributed by atoms with Gasteiger partial charge in [0.2, 0.25) is 0 Å². The van der Waals surface area contributed by atoms with Crippen LogP contribution >= 0.6 is 0 Å². The lowest BCUT2D eigenvalue weighted by Gasteiger charge is -2.35. The molecular weight excluding hydrogens is 356 g/mol. The summed E-state index contributed by atoms with van der Waals surface area (Å²) >= 11 is 0. The van der Waals surface area contributed by atoms with Gasteiger partial charge in [0, 0.05) is 52.5 Å². The molecule has 0 N–H and O–H groups in total. The van der Waals surface area contributed by atoms with Gasteiger partial charge in [-0.15, -0.1) is 0 Å². The summed E-state index contributed by atoms with van der Waals surface area (Å²) in [5.74, 6) is 0.160. The molecule has 1 aliphatic heterocycles. The van der Waals surface area contributed by atoms with Crippen molar-refractivity contribution in [3.63, 3.8) is 0 Å². The first-order chi connectivity index (χ1) is 12.8. The second-order valence-electron chi connectivity index (χ2n) is 6.21. The second-order valence-corrected chi connectivity index (χ2v) is 6.21. The molecule has 0 spiro atoms. The largest absolute Gasteiger partial charge is 0.353 e. The fourth-order valence-corrected chi connectivity index (χ4v) is 2.94. The van der Waals surface area contributed by atoms with Crippen molar-refractivity contribution >= 4 is 17.4 Å². The maximum atomic E-state index is 12.7. The third-order valence-electron chi connectivity index (χ3n) is 4.51. The average molecular weight is 374 g/mol. The van der Waals surface area contributed by atoms with E-state index in [9.17, 15) is 24.5 Å². The second kappa shape index (κ2) is 7.02. The van der Waals surface area contributed by atoms with Crippen LogP contribution in [-0.4, -0.2) is 56.0 Å². The Balaban J connectivity index is 1.72. The lowest BCUT2D eigenvalue weighted by atomic mass is 10.2. The normalized spacial score (nSPS) is 14.3. The lowest BCUT2D eigenvalue weighted by Crippen LogP contribution is -2.51. The summed E-state index contributed by atoms with van der Waals surface area (Å²) in [7, 11) is 2.82. The van der Waals surface area contributed by atoms with Gasteiger partial charge < -0.3 is 14.4 Å². The molecule has 0 unspecified atom stereocenters. The van der Waals surface area contributed by atoms with E-state index >= 15 is 0 Å². The van der Waals surface area contributed by atoms with Crippen molar-refractivity contribution in [1.82, 2.24) is 19.0 Å². The van der Waals surface area contributed by atoms with E-state index in [-0.39, 0.29) is 11.3 Å². The third kappa shape index (κ3) is 3.43. The zero-order chi connectivity index (χ0) is 19.7. The molecular formula is C16H18N6O5. The van der Waals surface area contributed by atoms with Crippen LogP contribution in [0, 0.1) is 10.1 Å². The average Bonchev–Trinajstić information content (AvgIpc) is 2.69. The molecule has 2 aromatic heterocycles. The first-order valence-electron chi connectivity index (χ1n) is 8.21. The standard InChI is InChI=1S/C16H18N6O5/c1-18-10-12(14(23)19(2)16(18)25)15(24)21-7-5-20(6-8-21)13-4-3-11(9-17-13)22(26)27/h3-4,9-10H,5-8H2,1-2H3. The molecule has 11 heteroatoms. The van der Waals surface area contributed by atoms with E-state index in [2.05, 4.69) is 4.98 Å². The number of carbonyl (C=O) groups is 1. The van der Waals surface area contributed by atoms with Crippen molar-refractivity contribution in [2.45, 2.75) is 0 Å². The number of hydrogen-bond donors (Lipinski definition) is 0. The molecule has 142 valence electrons. The maximum Gasteiger partial charge on any atom is 0.330 e. The van der Waals surface area contributed by atoms with Crippen LogP contribution in [0.15, 0.2) is 34.1 Å². The molecule has 1 aliphatic rings. The van der Waals surface area contributed by atoms with E-state index in [1.807, 2.05) is 4.90 Å². The quantitative estimate of drug-likeness (QED) is 0.516. The van der Waals surface area contributed by atoms with Crippen molar-refractivity contribution in [3.8, 4) is 0 Å². The first kappa shape index (κ1) is 18.3. The van der Waals surface area contributed by atoms with Gasteiger partial charge in [0.1, 0.15) is 17.6 Å². The zero-order valence-corrected chi connectivity index (χ0v) is 14.9. The van der Waals surface area contributed by atoms with Crippen LogP contribution in [-0.2, 0) is 14.1 Å². The Labute approximate surface area is 153 Å². The van der Waals surface area contributed by atoms with Gasteiger partial charge in [-0.1, -0.05) is 0 Å². The number of piperazine rings is 1. The summed E-state index contributed by atoms with van der Waals surface area (Å²) in [5, 5.41) is 10.7. The number of nitro groups is 1. The van der Waals surface area contributed by atoms with Gasteiger partial charge in [-0.3, -0.25) is 24.3 Å². The molecule has 11 nitrogen and oxygen atoms in total. The predicted octanol–water partition coefficient (Wildman–Crippen LogP) is -0.650. The number of rotatable bonds is 3. The molecule has 1 amide bonds. The molecule has 1 fully saturated rings. The van der Waals surface area contributed by atoms with Crippen molar-refractivity contribution in [2.75, 3.05) is 31.1 Å². The summed E-state index contributed by atoms with van der Waals surface area (Å²) in [4.78, 5) is 54.4. The van der Waals surface area contributed by atoms with Crippen molar-refractivity contribution in [2.24, 2.45) is 14.1 Å². The highest BCUT2D eigenvalue weighted by atomic mass is 16.6. The summed E-state index contributed by atoms with van der Waals surface area (Å²) in [6.45, 7) is 1.68. The third-order valence-corrected chi connectivity index (χ3v) is 4.51. The fourth-order valence-electron chi connectivity index (χ4n) is 2.94. The van der Waals surface area contributed by atoms with E-state index in [1.54, 1.807) is 11.0 Å². The molecule has 1 saturated heterocycles. The Morgan fingerprint density at radius 3 is 2.37 bits per heavy atom. The Bertz CT molecular complexity index is 1000. The maximum absolute atomic E-state index is 12.7. The highest BCUT2D eigenvalue weighted by molar-refractivity contribution is 5.93. The molecule has 0 aliphatic carbocycles. The minimum absolute atomic E-state index is 0.0542. The van der Waals surface area contributed by atoms with E-state index < -0.39 is 22.1 Å². The summed E-state index contributed by atoms with van der Waals surface area (Å²) in [6, 6.07) is 2.95. The van der Waals surface area contributed by atoms with Crippen LogP contribution < -0.4 is 16.1 Å². The molecule has 0 saturated carbocycles. The Hall–Kier alpha value is -3.50. The molecule has 3 rings (SSSR count). The highest BCUT2D eigenvalue weighted by Crippen LogP contribution is 2.17. The van der Waals surface area contributed by atoms with Crippen molar-refractivity contribution in [3.05, 3.63) is 61.0 Å². The minimum Gasteiger partial charge on any atom is -0.353 e. The highest BCUT2D eigenvalue weighted by Gasteiger charge is 2.26. The fraction of sp³-hybridized carbons (Fsp3) is 0.375. The number of nitrogens with zero attached hydrogens (tertiary/aromatic N) is 6. The molecule has 0 radical (unpaired) electrons. The van der Waals surface area contributed by atoms with Gasteiger partial charge in [-0.25, -0.2) is 9.78 Å². The van der Waals surface area contributed by atoms with E-state index in [1.165, 1.54) is 37.1 Å². The first-order valence-corrected chi connectivity index (χ1v) is 8.21. The monoisotopic (exact) mass is 374 g/mol. The van der Waals surface area contributed by atoms with Gasteiger partial charge in [-0.05, 0) is 6.07 Å². The molecule has 0 bridgehead atoms. The van der Waals surface area contributed by atoms with Gasteiger partial charge in [0.15, 0.2) is 0 Å². The number of aromatic nitrogens is 3. The topological polar surface area (TPSA) is 124 Å². The van der Waals surface area contributed by atoms with Crippen LogP contribution in [0.4, 0.5) is 11.5 Å². The van der Waals surface area contributed by atoms with E-state index in [0.29, 0.717) is 32.0 Å². The van der Waals surface area contributed by atoms with Crippen LogP contribution in [0.5, 0.6) is 0 Å². The van der Waals surface area contributed by atoms with Crippen LogP contribution in [0.1, 0.15) is 10.4 Å². The van der Waals surface area contributed by atoms with Crippen molar-refractivity contribution in [1.29, 1.82) is 0 Å². The molecule has 0 atom stereocenters. The lowest BCUT2D eigenvalue weighted by molar-refractivity contribution is -0.385. The number of hydrogen-bond acceptors (Lipinski definition) is 7. The summed E-state index contributed by atoms with van der Waals surface area (Å²) in [5.41, 5.74) is -1.26. The summed E-state index contributed by atoms with van der Waals surface area (Å²) < 4.78 is 2.11. The van der Waals surface area contributed by atoms with Crippen LogP contribution in [0.25, 0.3) is 0 Å². The van der Waals surface area contributed by atoms with E-state index in [4.69, 9.17) is 0 Å². The van der Waals surface area contributed by atoms with Gasteiger partial charge in [0.05, 0.1) is 4.92 Å². The number of amides is 1. The Kier molecular flexibility index (Phi) is 4.75. The molecule has 3 heterocycles. The molecule has 27 heavy (non-hydrogen) atoms. The number of carbonyl (C=O) groups excluding carboxylic acids is 1. The SMILES string of the molecule is Cn1cc(C(=O)N2CCN(c3ccc([N+](=O)[O-])cn3)CC2)c(=O)n(C)c1=O. The van der Waals surface area contributed by atoms with Gasteiger partial charge in [-0.2, -0.15) is 0 Å². The summed E-state index contributed by atoms with van der Waals surface area (Å²) in [6.07, 6.45) is 2.46. The Morgan fingerprint density at radius 1 is 1.15 bits per heavy atom. The number of pyridine rings is 1. The van der Waals surface area contributed by atoms with Crippen molar-refractivity contribution < 1.29 is 9.72 Å². The van der Waals surface area contributed by atoms with Crippen LogP contribution in [0.2, 0.25) is 0 Å². The number of aryl methyl sites for hydroxylation is 1. The Morgan fingerprint density at radius 2 is 1.81 bits per heavy atom. The predicted molar refractivity (Wildman–Crippen MR) is 95.9 cm³/mol. The molecule has 0 aromatic carbocycles. The molecule has 2 aromatic rings. The zero-order valence-electron chi connectivity index (χ0n) is 14.9. The smallest absolute Gasteiger partial charge is 0.330 e. The minimum atomic E-state index is -0.623. The van der Waals surface area contributed by atoms with E-state index in [0.717, 1.165) is 4.57 Å². The van der Waals surface area contributed by atoms with Gasteiger partial charge >= 0.3 is 5.69 Å². The van der Waals surface area contributed by atoms with Crippen LogP contribution in [0.3, 0.4) is 0 Å².